The van der Waals surface area contributed by atoms with Gasteiger partial charge in [-0.3, -0.25) is 0 Å². The summed E-state index contributed by atoms with van der Waals surface area (Å²) in [5.74, 6) is 0. The lowest BCUT2D eigenvalue weighted by Crippen LogP contribution is -2.39. The monoisotopic (exact) mass is 264 g/mol. The number of unbranched alkanes of at least 4 members (excludes halogenated alkanes) is 2. The molecule has 0 aromatic heterocycles. The summed E-state index contributed by atoms with van der Waals surface area (Å²) >= 11 is 3.49. The molecule has 0 N–H and O–H groups in total. The minimum atomic E-state index is -1.57. The molecule has 1 nitrogen and oxygen atoms in total. The number of carbonyl (C=O) groups excluding carboxylic acids is 1. The van der Waals surface area contributed by atoms with Gasteiger partial charge in [-0.05, 0) is 6.42 Å². The number of halogens is 1. The van der Waals surface area contributed by atoms with Crippen molar-refractivity contribution in [2.45, 2.75) is 57.1 Å². The van der Waals surface area contributed by atoms with Crippen molar-refractivity contribution in [3.05, 3.63) is 0 Å². The molecule has 13 heavy (non-hydrogen) atoms. The molecule has 0 radical (unpaired) electrons. The third kappa shape index (κ3) is 5.63. The van der Waals surface area contributed by atoms with Crippen LogP contribution in [0.5, 0.6) is 0 Å². The van der Waals surface area contributed by atoms with E-state index in [1.807, 2.05) is 0 Å². The molecular formula is C10H21BrOSi. The second kappa shape index (κ2) is 5.97. The molecule has 0 saturated heterocycles. The quantitative estimate of drug-likeness (QED) is 0.406. The van der Waals surface area contributed by atoms with E-state index in [9.17, 15) is 4.79 Å². The van der Waals surface area contributed by atoms with Crippen molar-refractivity contribution in [1.82, 2.24) is 0 Å². The number of hydrogen-bond acceptors (Lipinski definition) is 1. The number of hydrogen-bond donors (Lipinski definition) is 0. The molecule has 0 heterocycles. The highest BCUT2D eigenvalue weighted by Gasteiger charge is 2.29. The second-order valence-corrected chi connectivity index (χ2v) is 10.7. The number of carbonyl (C=O) groups is 1. The van der Waals surface area contributed by atoms with Crippen LogP contribution >= 0.6 is 15.9 Å². The highest BCUT2D eigenvalue weighted by Crippen LogP contribution is 2.17. The first-order valence-corrected chi connectivity index (χ1v) is 9.49. The van der Waals surface area contributed by atoms with E-state index in [1.54, 1.807) is 0 Å². The number of alkyl halides is 1. The molecule has 0 bridgehead atoms. The fourth-order valence-electron chi connectivity index (χ4n) is 1.17. The molecule has 0 aromatic carbocycles. The standard InChI is InChI=1S/C10H21BrOSi/c1-5-6-7-8-9(11)10(12)13(2,3)4/h9H,5-8H2,1-4H3. The Labute approximate surface area is 91.4 Å². The Bertz CT molecular complexity index is 163. The van der Waals surface area contributed by atoms with Gasteiger partial charge in [-0.1, -0.05) is 61.8 Å². The first kappa shape index (κ1) is 13.4. The molecule has 3 heteroatoms. The highest BCUT2D eigenvalue weighted by molar-refractivity contribution is 9.10. The summed E-state index contributed by atoms with van der Waals surface area (Å²) in [5.41, 5.74) is 0. The first-order valence-electron chi connectivity index (χ1n) is 5.08. The number of rotatable bonds is 6. The van der Waals surface area contributed by atoms with E-state index in [2.05, 4.69) is 42.5 Å². The Kier molecular flexibility index (Phi) is 6.13. The van der Waals surface area contributed by atoms with Crippen LogP contribution < -0.4 is 0 Å². The zero-order chi connectivity index (χ0) is 10.5. The maximum atomic E-state index is 11.8. The summed E-state index contributed by atoms with van der Waals surface area (Å²) in [7, 11) is -1.57. The Morgan fingerprint density at radius 1 is 1.31 bits per heavy atom. The van der Waals surface area contributed by atoms with Crippen molar-refractivity contribution in [3.8, 4) is 0 Å². The smallest absolute Gasteiger partial charge is 0.125 e. The third-order valence-electron chi connectivity index (χ3n) is 2.08. The van der Waals surface area contributed by atoms with Crippen LogP contribution in [0.4, 0.5) is 0 Å². The van der Waals surface area contributed by atoms with Crippen LogP contribution in [0.15, 0.2) is 0 Å². The van der Waals surface area contributed by atoms with Gasteiger partial charge in [-0.25, -0.2) is 0 Å². The largest absolute Gasteiger partial charge is 0.304 e. The molecule has 1 unspecified atom stereocenters. The molecule has 0 saturated carbocycles. The summed E-state index contributed by atoms with van der Waals surface area (Å²) in [6.07, 6.45) is 4.64. The highest BCUT2D eigenvalue weighted by atomic mass is 79.9. The van der Waals surface area contributed by atoms with Gasteiger partial charge in [0.1, 0.15) is 13.5 Å². The van der Waals surface area contributed by atoms with Crippen molar-refractivity contribution in [2.24, 2.45) is 0 Å². The molecule has 0 rings (SSSR count). The molecule has 0 amide bonds. The molecule has 0 aliphatic heterocycles. The van der Waals surface area contributed by atoms with Crippen LogP contribution in [-0.4, -0.2) is 18.3 Å². The Hall–Kier alpha value is 0.367. The predicted octanol–water partition coefficient (Wildman–Crippen LogP) is 3.78. The van der Waals surface area contributed by atoms with E-state index in [0.717, 1.165) is 6.42 Å². The van der Waals surface area contributed by atoms with Gasteiger partial charge >= 0.3 is 0 Å². The summed E-state index contributed by atoms with van der Waals surface area (Å²) in [6.45, 7) is 8.53. The topological polar surface area (TPSA) is 17.1 Å². The normalized spacial score (nSPS) is 14.2. The SMILES string of the molecule is CCCCCC(Br)C(=O)[Si](C)(C)C. The second-order valence-electron chi connectivity index (χ2n) is 4.58. The van der Waals surface area contributed by atoms with E-state index in [4.69, 9.17) is 0 Å². The van der Waals surface area contributed by atoms with Gasteiger partial charge in [-0.15, -0.1) is 0 Å². The van der Waals surface area contributed by atoms with Gasteiger partial charge in [-0.2, -0.15) is 0 Å². The van der Waals surface area contributed by atoms with E-state index in [1.165, 1.54) is 19.3 Å². The molecule has 78 valence electrons. The van der Waals surface area contributed by atoms with Gasteiger partial charge in [0, 0.05) is 0 Å². The predicted molar refractivity (Wildman–Crippen MR) is 65.2 cm³/mol. The van der Waals surface area contributed by atoms with Crippen molar-refractivity contribution in [3.63, 3.8) is 0 Å². The van der Waals surface area contributed by atoms with E-state index >= 15 is 0 Å². The van der Waals surface area contributed by atoms with E-state index in [0.29, 0.717) is 5.41 Å². The van der Waals surface area contributed by atoms with Crippen molar-refractivity contribution in [1.29, 1.82) is 0 Å². The molecular weight excluding hydrogens is 244 g/mol. The van der Waals surface area contributed by atoms with Crippen LogP contribution in [0.1, 0.15) is 32.6 Å². The van der Waals surface area contributed by atoms with Crippen molar-refractivity contribution >= 4 is 29.4 Å². The van der Waals surface area contributed by atoms with Crippen LogP contribution in [0.2, 0.25) is 19.6 Å². The van der Waals surface area contributed by atoms with Crippen LogP contribution in [0.25, 0.3) is 0 Å². The van der Waals surface area contributed by atoms with Crippen molar-refractivity contribution < 1.29 is 4.79 Å². The summed E-state index contributed by atoms with van der Waals surface area (Å²) in [6, 6.07) is 0. The molecule has 0 fully saturated rings. The summed E-state index contributed by atoms with van der Waals surface area (Å²) < 4.78 is 0. The van der Waals surface area contributed by atoms with Crippen LogP contribution in [0, 0.1) is 0 Å². The third-order valence-corrected chi connectivity index (χ3v) is 5.21. The lowest BCUT2D eigenvalue weighted by Gasteiger charge is -2.18. The molecule has 0 aliphatic rings. The minimum Gasteiger partial charge on any atom is -0.304 e. The zero-order valence-corrected chi connectivity index (χ0v) is 11.8. The maximum absolute atomic E-state index is 11.8. The Morgan fingerprint density at radius 2 is 1.85 bits per heavy atom. The van der Waals surface area contributed by atoms with E-state index in [-0.39, 0.29) is 4.83 Å². The Morgan fingerprint density at radius 3 is 2.23 bits per heavy atom. The Balaban J connectivity index is 3.84. The lowest BCUT2D eigenvalue weighted by atomic mass is 10.2. The average molecular weight is 265 g/mol. The van der Waals surface area contributed by atoms with Crippen LogP contribution in [0.3, 0.4) is 0 Å². The van der Waals surface area contributed by atoms with Crippen molar-refractivity contribution in [2.75, 3.05) is 0 Å². The average Bonchev–Trinajstić information content (AvgIpc) is 2.01. The first-order chi connectivity index (χ1) is 5.89. The van der Waals surface area contributed by atoms with Gasteiger partial charge in [0.05, 0.1) is 4.83 Å². The van der Waals surface area contributed by atoms with E-state index < -0.39 is 8.07 Å². The molecule has 0 aliphatic carbocycles. The minimum absolute atomic E-state index is 0.116. The fourth-order valence-corrected chi connectivity index (χ4v) is 4.64. The molecule has 0 aromatic rings. The van der Waals surface area contributed by atoms with Gasteiger partial charge < -0.3 is 4.79 Å². The summed E-state index contributed by atoms with van der Waals surface area (Å²) in [4.78, 5) is 11.9. The van der Waals surface area contributed by atoms with Crippen LogP contribution in [-0.2, 0) is 4.79 Å². The van der Waals surface area contributed by atoms with Gasteiger partial charge in [0.25, 0.3) is 0 Å². The summed E-state index contributed by atoms with van der Waals surface area (Å²) in [5, 5.41) is 0.462. The van der Waals surface area contributed by atoms with Gasteiger partial charge in [0.2, 0.25) is 0 Å². The zero-order valence-electron chi connectivity index (χ0n) is 9.19. The molecule has 0 spiro atoms. The fraction of sp³-hybridized carbons (Fsp3) is 0.900. The maximum Gasteiger partial charge on any atom is 0.125 e. The molecule has 1 atom stereocenters. The van der Waals surface area contributed by atoms with Gasteiger partial charge in [0.15, 0.2) is 0 Å². The lowest BCUT2D eigenvalue weighted by molar-refractivity contribution is -0.112.